The quantitative estimate of drug-likeness (QED) is 0.622. The summed E-state index contributed by atoms with van der Waals surface area (Å²) in [6.07, 6.45) is 1.76. The van der Waals surface area contributed by atoms with Crippen LogP contribution in [0.4, 0.5) is 5.69 Å². The van der Waals surface area contributed by atoms with Crippen LogP contribution < -0.4 is 11.1 Å². The molecule has 16 heavy (non-hydrogen) atoms. The number of pyridine rings is 1. The van der Waals surface area contributed by atoms with Gasteiger partial charge < -0.3 is 11.1 Å². The predicted octanol–water partition coefficient (Wildman–Crippen LogP) is 2.35. The minimum Gasteiger partial charge on any atom is -0.370 e. The van der Waals surface area contributed by atoms with Crippen molar-refractivity contribution in [1.82, 2.24) is 4.98 Å². The molecule has 4 nitrogen and oxygen atoms in total. The molecule has 2 aromatic rings. The van der Waals surface area contributed by atoms with Crippen molar-refractivity contribution in [1.29, 1.82) is 0 Å². The first-order chi connectivity index (χ1) is 7.70. The number of rotatable bonds is 1. The molecule has 0 aliphatic heterocycles. The van der Waals surface area contributed by atoms with Gasteiger partial charge in [0.2, 0.25) is 0 Å². The third-order valence-corrected chi connectivity index (χ3v) is 2.61. The number of nitrogens with zero attached hydrogens (tertiary/aromatic N) is 2. The van der Waals surface area contributed by atoms with E-state index in [0.717, 1.165) is 21.1 Å². The number of guanidine groups is 1. The fourth-order valence-electron chi connectivity index (χ4n) is 1.43. The molecule has 0 saturated heterocycles. The lowest BCUT2D eigenvalue weighted by Gasteiger charge is -2.07. The zero-order valence-corrected chi connectivity index (χ0v) is 10.3. The molecule has 0 amide bonds. The molecule has 1 aromatic carbocycles. The molecule has 1 heterocycles. The molecule has 0 aliphatic rings. The van der Waals surface area contributed by atoms with Crippen LogP contribution in [0.25, 0.3) is 10.9 Å². The lowest BCUT2D eigenvalue weighted by atomic mass is 10.2. The molecule has 0 atom stereocenters. The highest BCUT2D eigenvalue weighted by molar-refractivity contribution is 9.10. The van der Waals surface area contributed by atoms with E-state index in [9.17, 15) is 0 Å². The maximum absolute atomic E-state index is 5.63. The molecule has 2 rings (SSSR count). The summed E-state index contributed by atoms with van der Waals surface area (Å²) in [5, 5.41) is 4.05. The first-order valence-corrected chi connectivity index (χ1v) is 5.53. The molecule has 82 valence electrons. The topological polar surface area (TPSA) is 63.3 Å². The second kappa shape index (κ2) is 4.49. The Balaban J connectivity index is 2.54. The SMILES string of the molecule is CN=C(N)Nc1cccc2cc(Br)cnc12. The molecule has 0 unspecified atom stereocenters. The maximum atomic E-state index is 5.63. The Kier molecular flexibility index (Phi) is 3.05. The first-order valence-electron chi connectivity index (χ1n) is 4.74. The maximum Gasteiger partial charge on any atom is 0.192 e. The van der Waals surface area contributed by atoms with E-state index in [0.29, 0.717) is 5.96 Å². The van der Waals surface area contributed by atoms with E-state index < -0.39 is 0 Å². The predicted molar refractivity (Wildman–Crippen MR) is 70.6 cm³/mol. The van der Waals surface area contributed by atoms with Crippen LogP contribution in [-0.4, -0.2) is 18.0 Å². The van der Waals surface area contributed by atoms with Gasteiger partial charge >= 0.3 is 0 Å². The Morgan fingerprint density at radius 1 is 1.50 bits per heavy atom. The number of nitrogens with one attached hydrogen (secondary N) is 1. The van der Waals surface area contributed by atoms with Crippen molar-refractivity contribution < 1.29 is 0 Å². The number of hydrogen-bond acceptors (Lipinski definition) is 2. The largest absolute Gasteiger partial charge is 0.370 e. The fourth-order valence-corrected chi connectivity index (χ4v) is 1.78. The van der Waals surface area contributed by atoms with Gasteiger partial charge in [0.1, 0.15) is 0 Å². The number of para-hydroxylation sites is 1. The number of aliphatic imine (C=N–C) groups is 1. The average molecular weight is 279 g/mol. The number of anilines is 1. The van der Waals surface area contributed by atoms with Gasteiger partial charge in [-0.3, -0.25) is 9.98 Å². The van der Waals surface area contributed by atoms with Gasteiger partial charge in [-0.15, -0.1) is 0 Å². The summed E-state index contributed by atoms with van der Waals surface area (Å²) in [5.41, 5.74) is 7.35. The van der Waals surface area contributed by atoms with E-state index >= 15 is 0 Å². The van der Waals surface area contributed by atoms with Crippen molar-refractivity contribution >= 4 is 38.5 Å². The highest BCUT2D eigenvalue weighted by atomic mass is 79.9. The molecular weight excluding hydrogens is 268 g/mol. The fraction of sp³-hybridized carbons (Fsp3) is 0.0909. The van der Waals surface area contributed by atoms with Crippen LogP contribution in [0.15, 0.2) is 39.9 Å². The van der Waals surface area contributed by atoms with Crippen molar-refractivity contribution in [3.8, 4) is 0 Å². The zero-order chi connectivity index (χ0) is 11.5. The van der Waals surface area contributed by atoms with Crippen LogP contribution in [0.2, 0.25) is 0 Å². The lowest BCUT2D eigenvalue weighted by Crippen LogP contribution is -2.22. The number of aromatic nitrogens is 1. The molecule has 3 N–H and O–H groups in total. The molecule has 0 fully saturated rings. The van der Waals surface area contributed by atoms with Crippen molar-refractivity contribution in [2.75, 3.05) is 12.4 Å². The number of hydrogen-bond donors (Lipinski definition) is 2. The van der Waals surface area contributed by atoms with Crippen molar-refractivity contribution in [2.24, 2.45) is 10.7 Å². The summed E-state index contributed by atoms with van der Waals surface area (Å²) in [5.74, 6) is 0.372. The Morgan fingerprint density at radius 3 is 3.06 bits per heavy atom. The van der Waals surface area contributed by atoms with E-state index in [1.165, 1.54) is 0 Å². The Morgan fingerprint density at radius 2 is 2.31 bits per heavy atom. The second-order valence-corrected chi connectivity index (χ2v) is 4.18. The normalized spacial score (nSPS) is 11.8. The molecule has 0 spiro atoms. The molecule has 1 aromatic heterocycles. The summed E-state index contributed by atoms with van der Waals surface area (Å²) in [4.78, 5) is 8.20. The number of fused-ring (bicyclic) bond motifs is 1. The van der Waals surface area contributed by atoms with E-state index in [4.69, 9.17) is 5.73 Å². The summed E-state index contributed by atoms with van der Waals surface area (Å²) < 4.78 is 0.953. The van der Waals surface area contributed by atoms with Crippen LogP contribution in [-0.2, 0) is 0 Å². The van der Waals surface area contributed by atoms with Crippen LogP contribution in [0.5, 0.6) is 0 Å². The Hall–Kier alpha value is -1.62. The lowest BCUT2D eigenvalue weighted by molar-refractivity contribution is 1.36. The third kappa shape index (κ3) is 2.14. The monoisotopic (exact) mass is 278 g/mol. The molecule has 5 heteroatoms. The van der Waals surface area contributed by atoms with E-state index in [-0.39, 0.29) is 0 Å². The summed E-state index contributed by atoms with van der Waals surface area (Å²) in [7, 11) is 1.64. The number of benzene rings is 1. The van der Waals surface area contributed by atoms with Crippen LogP contribution in [0.1, 0.15) is 0 Å². The first kappa shape index (κ1) is 10.9. The van der Waals surface area contributed by atoms with E-state index in [1.54, 1.807) is 13.2 Å². The summed E-state index contributed by atoms with van der Waals surface area (Å²) in [6.45, 7) is 0. The van der Waals surface area contributed by atoms with Gasteiger partial charge in [0.25, 0.3) is 0 Å². The number of halogens is 1. The Bertz CT molecular complexity index is 551. The minimum absolute atomic E-state index is 0.372. The zero-order valence-electron chi connectivity index (χ0n) is 8.74. The summed E-state index contributed by atoms with van der Waals surface area (Å²) >= 11 is 3.39. The third-order valence-electron chi connectivity index (χ3n) is 2.18. The van der Waals surface area contributed by atoms with Crippen LogP contribution >= 0.6 is 15.9 Å². The molecule has 0 saturated carbocycles. The van der Waals surface area contributed by atoms with Crippen LogP contribution in [0.3, 0.4) is 0 Å². The average Bonchev–Trinajstić information content (AvgIpc) is 2.28. The van der Waals surface area contributed by atoms with E-state index in [2.05, 4.69) is 31.2 Å². The van der Waals surface area contributed by atoms with Gasteiger partial charge in [-0.2, -0.15) is 0 Å². The van der Waals surface area contributed by atoms with Gasteiger partial charge in [0.15, 0.2) is 5.96 Å². The molecule has 0 radical (unpaired) electrons. The van der Waals surface area contributed by atoms with Gasteiger partial charge in [-0.25, -0.2) is 0 Å². The second-order valence-electron chi connectivity index (χ2n) is 3.26. The smallest absolute Gasteiger partial charge is 0.192 e. The van der Waals surface area contributed by atoms with Crippen molar-refractivity contribution in [3.05, 3.63) is 34.9 Å². The van der Waals surface area contributed by atoms with Crippen LogP contribution in [0, 0.1) is 0 Å². The molecule has 0 bridgehead atoms. The summed E-state index contributed by atoms with van der Waals surface area (Å²) in [6, 6.07) is 7.87. The van der Waals surface area contributed by atoms with Crippen molar-refractivity contribution in [2.45, 2.75) is 0 Å². The van der Waals surface area contributed by atoms with Gasteiger partial charge in [-0.1, -0.05) is 12.1 Å². The number of nitrogens with two attached hydrogens (primary N) is 1. The standard InChI is InChI=1S/C11H11BrN4/c1-14-11(13)16-9-4-2-3-7-5-8(12)6-15-10(7)9/h2-6H,1H3,(H3,13,14,16). The molecule has 0 aliphatic carbocycles. The highest BCUT2D eigenvalue weighted by Crippen LogP contribution is 2.23. The molecular formula is C11H11BrN4. The van der Waals surface area contributed by atoms with Crippen molar-refractivity contribution in [3.63, 3.8) is 0 Å². The minimum atomic E-state index is 0.372. The Labute approximate surface area is 102 Å². The van der Waals surface area contributed by atoms with E-state index in [1.807, 2.05) is 24.3 Å². The highest BCUT2D eigenvalue weighted by Gasteiger charge is 2.03. The van der Waals surface area contributed by atoms with Gasteiger partial charge in [0, 0.05) is 23.1 Å². The van der Waals surface area contributed by atoms with Gasteiger partial charge in [-0.05, 0) is 28.1 Å². The van der Waals surface area contributed by atoms with Gasteiger partial charge in [0.05, 0.1) is 11.2 Å².